The van der Waals surface area contributed by atoms with Crippen LogP contribution in [0.5, 0.6) is 17.2 Å². The molecule has 176 valence electrons. The van der Waals surface area contributed by atoms with Crippen molar-refractivity contribution in [2.24, 2.45) is 0 Å². The van der Waals surface area contributed by atoms with E-state index in [1.165, 1.54) is 13.2 Å². The van der Waals surface area contributed by atoms with Gasteiger partial charge < -0.3 is 43.8 Å². The quantitative estimate of drug-likeness (QED) is 0.369. The highest BCUT2D eigenvalue weighted by Crippen LogP contribution is 2.36. The second kappa shape index (κ2) is 9.77. The van der Waals surface area contributed by atoms with Crippen molar-refractivity contribution in [2.75, 3.05) is 13.7 Å². The minimum atomic E-state index is -1.71. The number of aliphatic hydroxyl groups is 4. The fourth-order valence-electron chi connectivity index (χ4n) is 3.52. The van der Waals surface area contributed by atoms with Gasteiger partial charge in [0.05, 0.1) is 19.1 Å². The van der Waals surface area contributed by atoms with Crippen LogP contribution in [-0.2, 0) is 11.3 Å². The van der Waals surface area contributed by atoms with Crippen LogP contribution >= 0.6 is 0 Å². The number of methoxy groups -OCH3 is 1. The average Bonchev–Trinajstić information content (AvgIpc) is 2.84. The molecule has 0 radical (unpaired) electrons. The van der Waals surface area contributed by atoms with Gasteiger partial charge in [-0.25, -0.2) is 4.79 Å². The van der Waals surface area contributed by atoms with E-state index >= 15 is 0 Å². The molecule has 3 aromatic rings. The topological polar surface area (TPSA) is 148 Å². The molecule has 33 heavy (non-hydrogen) atoms. The molecule has 10 heteroatoms. The van der Waals surface area contributed by atoms with Crippen molar-refractivity contribution in [1.29, 1.82) is 0 Å². The average molecular weight is 460 g/mol. The third-order valence-corrected chi connectivity index (χ3v) is 5.34. The van der Waals surface area contributed by atoms with Gasteiger partial charge in [-0.2, -0.15) is 0 Å². The molecule has 0 bridgehead atoms. The molecule has 1 aliphatic rings. The first-order valence-electron chi connectivity index (χ1n) is 10.2. The smallest absolute Gasteiger partial charge is 0.383 e. The Kier molecular flexibility index (Phi) is 6.82. The van der Waals surface area contributed by atoms with E-state index in [0.29, 0.717) is 11.1 Å². The Balaban J connectivity index is 1.74. The van der Waals surface area contributed by atoms with Crippen molar-refractivity contribution in [3.8, 4) is 17.2 Å². The van der Waals surface area contributed by atoms with Gasteiger partial charge in [0.1, 0.15) is 42.4 Å². The molecule has 0 amide bonds. The van der Waals surface area contributed by atoms with Crippen LogP contribution in [0.25, 0.3) is 11.0 Å². The minimum absolute atomic E-state index is 0.0321. The zero-order chi connectivity index (χ0) is 23.5. The Hall–Kier alpha value is -3.15. The lowest BCUT2D eigenvalue weighted by molar-refractivity contribution is -0.278. The third kappa shape index (κ3) is 4.65. The van der Waals surface area contributed by atoms with E-state index in [-0.39, 0.29) is 17.9 Å². The molecule has 10 nitrogen and oxygen atoms in total. The molecule has 4 N–H and O–H groups in total. The first-order chi connectivity index (χ1) is 15.9. The van der Waals surface area contributed by atoms with Gasteiger partial charge >= 0.3 is 5.63 Å². The lowest BCUT2D eigenvalue weighted by atomic mass is 9.99. The maximum absolute atomic E-state index is 12.8. The standard InChI is InChI=1S/C23H24O10/c1-29-13-7-8-14-15(9-13)31-22(28)21(20(14)30-11-12-5-3-2-4-6-12)33-23-19(27)18(26)17(25)16(10-24)32-23/h2-9,16-19,23-27H,10-11H2,1H3/t16-,17+,18+,19-,23+/m1/s1. The summed E-state index contributed by atoms with van der Waals surface area (Å²) in [5.74, 6) is 0.0971. The van der Waals surface area contributed by atoms with Crippen molar-refractivity contribution in [2.45, 2.75) is 37.3 Å². The van der Waals surface area contributed by atoms with Crippen LogP contribution in [0.2, 0.25) is 0 Å². The Morgan fingerprint density at radius 1 is 0.970 bits per heavy atom. The van der Waals surface area contributed by atoms with Gasteiger partial charge in [-0.1, -0.05) is 30.3 Å². The molecule has 1 saturated heterocycles. The number of rotatable bonds is 7. The Bertz CT molecular complexity index is 1140. The molecule has 2 heterocycles. The number of benzene rings is 2. The fourth-order valence-corrected chi connectivity index (χ4v) is 3.52. The minimum Gasteiger partial charge on any atom is -0.497 e. The summed E-state index contributed by atoms with van der Waals surface area (Å²) in [6.07, 6.45) is -7.75. The molecule has 1 aliphatic heterocycles. The van der Waals surface area contributed by atoms with Crippen LogP contribution in [0.15, 0.2) is 57.7 Å². The SMILES string of the molecule is COc1ccc2c(OCc3ccccc3)c(O[C@@H]3O[C@H](CO)[C@H](O)[C@H](O)[C@H]3O)c(=O)oc2c1. The van der Waals surface area contributed by atoms with E-state index in [0.717, 1.165) is 5.56 Å². The molecule has 1 fully saturated rings. The summed E-state index contributed by atoms with van der Waals surface area (Å²) < 4.78 is 27.5. The monoisotopic (exact) mass is 460 g/mol. The summed E-state index contributed by atoms with van der Waals surface area (Å²) in [5, 5.41) is 40.2. The van der Waals surface area contributed by atoms with E-state index < -0.39 is 48.7 Å². The van der Waals surface area contributed by atoms with Gasteiger partial charge in [-0.3, -0.25) is 0 Å². The lowest BCUT2D eigenvalue weighted by Gasteiger charge is -2.39. The van der Waals surface area contributed by atoms with Crippen molar-refractivity contribution in [3.05, 3.63) is 64.5 Å². The predicted molar refractivity (Wildman–Crippen MR) is 114 cm³/mol. The fraction of sp³-hybridized carbons (Fsp3) is 0.348. The Morgan fingerprint density at radius 3 is 2.42 bits per heavy atom. The van der Waals surface area contributed by atoms with Crippen LogP contribution in [0.1, 0.15) is 5.56 Å². The molecule has 0 spiro atoms. The van der Waals surface area contributed by atoms with Crippen molar-refractivity contribution in [1.82, 2.24) is 0 Å². The number of hydrogen-bond acceptors (Lipinski definition) is 10. The summed E-state index contributed by atoms with van der Waals surface area (Å²) in [5.41, 5.74) is 0.0885. The van der Waals surface area contributed by atoms with Crippen LogP contribution in [-0.4, -0.2) is 64.8 Å². The Morgan fingerprint density at radius 2 is 1.73 bits per heavy atom. The van der Waals surface area contributed by atoms with Crippen molar-refractivity contribution < 1.29 is 43.8 Å². The van der Waals surface area contributed by atoms with Crippen LogP contribution in [0.3, 0.4) is 0 Å². The van der Waals surface area contributed by atoms with Gasteiger partial charge in [0.15, 0.2) is 5.75 Å². The van der Waals surface area contributed by atoms with Gasteiger partial charge in [0.25, 0.3) is 5.75 Å². The summed E-state index contributed by atoms with van der Waals surface area (Å²) in [6, 6.07) is 14.0. The van der Waals surface area contributed by atoms with E-state index in [9.17, 15) is 25.2 Å². The second-order valence-corrected chi connectivity index (χ2v) is 7.50. The molecular weight excluding hydrogens is 436 g/mol. The normalized spacial score (nSPS) is 25.1. The van der Waals surface area contributed by atoms with Gasteiger partial charge in [0.2, 0.25) is 6.29 Å². The lowest BCUT2D eigenvalue weighted by Crippen LogP contribution is -2.60. The second-order valence-electron chi connectivity index (χ2n) is 7.50. The first kappa shape index (κ1) is 23.0. The van der Waals surface area contributed by atoms with E-state index in [1.807, 2.05) is 30.3 Å². The highest BCUT2D eigenvalue weighted by molar-refractivity contribution is 5.86. The highest BCUT2D eigenvalue weighted by atomic mass is 16.7. The largest absolute Gasteiger partial charge is 0.497 e. The van der Waals surface area contributed by atoms with Crippen LogP contribution in [0, 0.1) is 0 Å². The maximum atomic E-state index is 12.8. The highest BCUT2D eigenvalue weighted by Gasteiger charge is 2.45. The molecule has 4 rings (SSSR count). The number of hydrogen-bond donors (Lipinski definition) is 4. The van der Waals surface area contributed by atoms with E-state index in [2.05, 4.69) is 0 Å². The predicted octanol–water partition coefficient (Wildman–Crippen LogP) is 0.559. The maximum Gasteiger partial charge on any atom is 0.383 e. The van der Waals surface area contributed by atoms with Crippen molar-refractivity contribution in [3.63, 3.8) is 0 Å². The van der Waals surface area contributed by atoms with Crippen LogP contribution < -0.4 is 19.8 Å². The van der Waals surface area contributed by atoms with E-state index in [1.54, 1.807) is 12.1 Å². The van der Waals surface area contributed by atoms with Crippen molar-refractivity contribution >= 4 is 11.0 Å². The molecule has 0 aliphatic carbocycles. The molecule has 0 saturated carbocycles. The number of fused-ring (bicyclic) bond motifs is 1. The van der Waals surface area contributed by atoms with Gasteiger partial charge in [-0.05, 0) is 17.7 Å². The summed E-state index contributed by atoms with van der Waals surface area (Å²) in [6.45, 7) is -0.551. The van der Waals surface area contributed by atoms with Gasteiger partial charge in [-0.15, -0.1) is 0 Å². The zero-order valence-electron chi connectivity index (χ0n) is 17.7. The Labute approximate surface area is 188 Å². The summed E-state index contributed by atoms with van der Waals surface area (Å²) >= 11 is 0. The molecule has 5 atom stereocenters. The third-order valence-electron chi connectivity index (χ3n) is 5.34. The van der Waals surface area contributed by atoms with Crippen LogP contribution in [0.4, 0.5) is 0 Å². The molecule has 1 aromatic heterocycles. The number of ether oxygens (including phenoxy) is 4. The molecule has 0 unspecified atom stereocenters. The summed E-state index contributed by atoms with van der Waals surface area (Å²) in [7, 11) is 1.47. The van der Waals surface area contributed by atoms with Gasteiger partial charge in [0, 0.05) is 6.07 Å². The molecular formula is C23H24O10. The molecule has 2 aromatic carbocycles. The number of aliphatic hydroxyl groups excluding tert-OH is 4. The summed E-state index contributed by atoms with van der Waals surface area (Å²) in [4.78, 5) is 12.8. The zero-order valence-corrected chi connectivity index (χ0v) is 17.7. The van der Waals surface area contributed by atoms with E-state index in [4.69, 9.17) is 23.4 Å². The first-order valence-corrected chi connectivity index (χ1v) is 10.2.